The second kappa shape index (κ2) is 7.45. The summed E-state index contributed by atoms with van der Waals surface area (Å²) < 4.78 is 103. The van der Waals surface area contributed by atoms with Gasteiger partial charge >= 0.3 is 12.4 Å². The van der Waals surface area contributed by atoms with Crippen molar-refractivity contribution in [2.75, 3.05) is 16.4 Å². The molecule has 162 valence electrons. The lowest BCUT2D eigenvalue weighted by Gasteiger charge is -2.26. The summed E-state index contributed by atoms with van der Waals surface area (Å²) in [6, 6.07) is 1.39. The number of hydrogen-bond donors (Lipinski definition) is 0. The summed E-state index contributed by atoms with van der Waals surface area (Å²) in [5.74, 6) is -1.83. The largest absolute Gasteiger partial charge is 0.416 e. The molecule has 0 spiro atoms. The normalized spacial score (nSPS) is 24.7. The van der Waals surface area contributed by atoms with Crippen molar-refractivity contribution in [3.05, 3.63) is 29.3 Å². The summed E-state index contributed by atoms with van der Waals surface area (Å²) in [5, 5.41) is 7.61. The number of nitrogens with zero attached hydrogens (tertiary/aromatic N) is 3. The van der Waals surface area contributed by atoms with Gasteiger partial charge in [0.25, 0.3) is 5.91 Å². The van der Waals surface area contributed by atoms with Crippen molar-refractivity contribution < 1.29 is 39.6 Å². The van der Waals surface area contributed by atoms with E-state index in [4.69, 9.17) is 5.26 Å². The third kappa shape index (κ3) is 4.56. The number of fused-ring (bicyclic) bond motifs is 1. The fourth-order valence-electron chi connectivity index (χ4n) is 3.16. The van der Waals surface area contributed by atoms with Crippen molar-refractivity contribution in [2.45, 2.75) is 30.1 Å². The molecule has 0 saturated carbocycles. The first kappa shape index (κ1) is 22.4. The molecule has 0 radical (unpaired) electrons. The number of benzene rings is 1. The van der Waals surface area contributed by atoms with Gasteiger partial charge in [0.15, 0.2) is 15.0 Å². The van der Waals surface area contributed by atoms with Crippen LogP contribution in [0.2, 0.25) is 0 Å². The number of amides is 1. The second-order valence-electron chi connectivity index (χ2n) is 6.56. The highest BCUT2D eigenvalue weighted by Crippen LogP contribution is 2.44. The van der Waals surface area contributed by atoms with Crippen LogP contribution in [0.3, 0.4) is 0 Å². The maximum atomic E-state index is 13.2. The Balaban J connectivity index is 2.17. The van der Waals surface area contributed by atoms with E-state index in [0.717, 1.165) is 16.7 Å². The number of sulfone groups is 1. The lowest BCUT2D eigenvalue weighted by atomic mass is 10.1. The Morgan fingerprint density at radius 2 is 1.70 bits per heavy atom. The molecular weight excluding hydrogens is 460 g/mol. The second-order valence-corrected chi connectivity index (χ2v) is 9.92. The molecule has 1 aromatic carbocycles. The molecule has 1 amide bonds. The van der Waals surface area contributed by atoms with Gasteiger partial charge in [-0.2, -0.15) is 36.6 Å². The van der Waals surface area contributed by atoms with Crippen LogP contribution in [-0.2, 0) is 27.0 Å². The maximum Gasteiger partial charge on any atom is 0.416 e. The first-order valence-electron chi connectivity index (χ1n) is 8.15. The van der Waals surface area contributed by atoms with E-state index in [-0.39, 0.29) is 17.0 Å². The van der Waals surface area contributed by atoms with Crippen LogP contribution in [0.5, 0.6) is 0 Å². The van der Waals surface area contributed by atoms with E-state index in [2.05, 4.69) is 4.99 Å². The minimum absolute atomic E-state index is 0.0484. The van der Waals surface area contributed by atoms with Crippen LogP contribution in [0, 0.1) is 11.3 Å². The summed E-state index contributed by atoms with van der Waals surface area (Å²) in [5.41, 5.74) is -3.74. The van der Waals surface area contributed by atoms with Crippen LogP contribution in [-0.4, -0.2) is 42.3 Å². The first-order chi connectivity index (χ1) is 13.7. The molecular formula is C16H11F6N3O3S2. The molecule has 0 N–H and O–H groups in total. The highest BCUT2D eigenvalue weighted by molar-refractivity contribution is 8.16. The van der Waals surface area contributed by atoms with Gasteiger partial charge in [-0.15, -0.1) is 0 Å². The van der Waals surface area contributed by atoms with Gasteiger partial charge in [0.05, 0.1) is 34.7 Å². The number of hydrogen-bond acceptors (Lipinski definition) is 5. The van der Waals surface area contributed by atoms with Crippen molar-refractivity contribution in [1.29, 1.82) is 5.26 Å². The highest BCUT2D eigenvalue weighted by Gasteiger charge is 2.50. The van der Waals surface area contributed by atoms with Crippen LogP contribution in [0.25, 0.3) is 0 Å². The van der Waals surface area contributed by atoms with Crippen LogP contribution in [0.4, 0.5) is 32.0 Å². The molecule has 0 unspecified atom stereocenters. The average Bonchev–Trinajstić information content (AvgIpc) is 3.03. The Labute approximate surface area is 170 Å². The molecule has 2 heterocycles. The van der Waals surface area contributed by atoms with Crippen molar-refractivity contribution >= 4 is 38.4 Å². The van der Waals surface area contributed by atoms with Crippen LogP contribution >= 0.6 is 11.8 Å². The standard InChI is InChI=1S/C16H11F6N3O3S2/c17-15(18,19)8-3-9(16(20,21)22)5-10(4-8)25-11-6-30(27,28)7-12(11)29-14(25)24-13(26)1-2-23/h3-5,11-12H,1,6-7H2/t11-,12-/m1/s1. The highest BCUT2D eigenvalue weighted by atomic mass is 32.2. The molecule has 2 aliphatic rings. The minimum Gasteiger partial charge on any atom is -0.316 e. The Kier molecular flexibility index (Phi) is 5.57. The summed E-state index contributed by atoms with van der Waals surface area (Å²) in [6.45, 7) is 0. The molecule has 0 aliphatic carbocycles. The number of anilines is 1. The average molecular weight is 471 g/mol. The predicted molar refractivity (Wildman–Crippen MR) is 95.4 cm³/mol. The van der Waals surface area contributed by atoms with Gasteiger partial charge in [0.2, 0.25) is 0 Å². The number of amidine groups is 1. The lowest BCUT2D eigenvalue weighted by molar-refractivity contribution is -0.143. The summed E-state index contributed by atoms with van der Waals surface area (Å²) >= 11 is 0.771. The third-order valence-electron chi connectivity index (χ3n) is 4.37. The zero-order chi connectivity index (χ0) is 22.5. The van der Waals surface area contributed by atoms with Crippen molar-refractivity contribution in [3.8, 4) is 6.07 Å². The van der Waals surface area contributed by atoms with Crippen molar-refractivity contribution in [3.63, 3.8) is 0 Å². The monoisotopic (exact) mass is 471 g/mol. The smallest absolute Gasteiger partial charge is 0.316 e. The summed E-state index contributed by atoms with van der Waals surface area (Å²) in [7, 11) is -3.58. The number of rotatable bonds is 2. The molecule has 0 bridgehead atoms. The summed E-state index contributed by atoms with van der Waals surface area (Å²) in [4.78, 5) is 16.3. The van der Waals surface area contributed by atoms with Crippen LogP contribution in [0.15, 0.2) is 23.2 Å². The van der Waals surface area contributed by atoms with Crippen molar-refractivity contribution in [2.24, 2.45) is 4.99 Å². The SMILES string of the molecule is N#CCC(=O)N=C1S[C@@H]2CS(=O)(=O)C[C@H]2N1c1cc(C(F)(F)F)cc(C(F)(F)F)c1. The van der Waals surface area contributed by atoms with Gasteiger partial charge in [-0.3, -0.25) is 4.79 Å². The number of carbonyl (C=O) groups excluding carboxylic acids is 1. The van der Waals surface area contributed by atoms with E-state index in [0.29, 0.717) is 12.1 Å². The van der Waals surface area contributed by atoms with E-state index >= 15 is 0 Å². The molecule has 2 atom stereocenters. The van der Waals surface area contributed by atoms with E-state index in [1.807, 2.05) is 0 Å². The molecule has 14 heteroatoms. The Morgan fingerprint density at radius 3 is 2.20 bits per heavy atom. The molecule has 6 nitrogen and oxygen atoms in total. The first-order valence-corrected chi connectivity index (χ1v) is 10.9. The molecule has 2 fully saturated rings. The third-order valence-corrected chi connectivity index (χ3v) is 7.58. The van der Waals surface area contributed by atoms with E-state index < -0.39 is 68.4 Å². The lowest BCUT2D eigenvalue weighted by Crippen LogP contribution is -2.38. The van der Waals surface area contributed by atoms with E-state index in [9.17, 15) is 39.6 Å². The van der Waals surface area contributed by atoms with Gasteiger partial charge < -0.3 is 4.90 Å². The number of thioether (sulfide) groups is 1. The van der Waals surface area contributed by atoms with Crippen LogP contribution in [0.1, 0.15) is 17.5 Å². The van der Waals surface area contributed by atoms with Gasteiger partial charge in [0.1, 0.15) is 6.42 Å². The fourth-order valence-corrected chi connectivity index (χ4v) is 7.09. The van der Waals surface area contributed by atoms with Gasteiger partial charge in [-0.05, 0) is 18.2 Å². The topological polar surface area (TPSA) is 90.6 Å². The van der Waals surface area contributed by atoms with E-state index in [1.165, 1.54) is 6.07 Å². The zero-order valence-electron chi connectivity index (χ0n) is 14.7. The van der Waals surface area contributed by atoms with Gasteiger partial charge in [-0.1, -0.05) is 11.8 Å². The molecule has 1 aromatic rings. The fraction of sp³-hybridized carbons (Fsp3) is 0.438. The van der Waals surface area contributed by atoms with Crippen molar-refractivity contribution in [1.82, 2.24) is 0 Å². The number of halogens is 6. The van der Waals surface area contributed by atoms with Gasteiger partial charge in [-0.25, -0.2) is 8.42 Å². The molecule has 3 rings (SSSR count). The molecule has 30 heavy (non-hydrogen) atoms. The Bertz CT molecular complexity index is 1030. The zero-order valence-corrected chi connectivity index (χ0v) is 16.3. The van der Waals surface area contributed by atoms with Gasteiger partial charge in [0, 0.05) is 10.9 Å². The Morgan fingerprint density at radius 1 is 1.13 bits per heavy atom. The number of nitriles is 1. The number of aliphatic imine (C=N–C) groups is 1. The van der Waals surface area contributed by atoms with E-state index in [1.54, 1.807) is 0 Å². The van der Waals surface area contributed by atoms with Crippen LogP contribution < -0.4 is 4.90 Å². The quantitative estimate of drug-likeness (QED) is 0.616. The number of alkyl halides is 6. The molecule has 2 saturated heterocycles. The molecule has 2 aliphatic heterocycles. The Hall–Kier alpha value is -2.27. The minimum atomic E-state index is -5.10. The maximum absolute atomic E-state index is 13.2. The number of carbonyl (C=O) groups is 1. The molecule has 0 aromatic heterocycles. The summed E-state index contributed by atoms with van der Waals surface area (Å²) in [6.07, 6.45) is -10.8. The predicted octanol–water partition coefficient (Wildman–Crippen LogP) is 3.24.